The van der Waals surface area contributed by atoms with Crippen molar-refractivity contribution >= 4 is 29.0 Å². The first-order valence-electron chi connectivity index (χ1n) is 7.47. The van der Waals surface area contributed by atoms with Crippen molar-refractivity contribution in [1.82, 2.24) is 9.78 Å². The monoisotopic (exact) mass is 334 g/mol. The Morgan fingerprint density at radius 1 is 1.43 bits per heavy atom. The second-order valence-electron chi connectivity index (χ2n) is 5.72. The standard InChI is InChI=1S/C16H19ClN4O2/c1-10-7-15(20(2)19-10)21-6-5-13(16(21)23)18-14-8-11(9-22)3-4-12(14)17/h3-4,7-8,13,18,22H,5-6,9H2,1-2H3/t13-/m0/s1. The summed E-state index contributed by atoms with van der Waals surface area (Å²) >= 11 is 6.18. The van der Waals surface area contributed by atoms with E-state index in [1.807, 2.05) is 20.0 Å². The molecule has 1 amide bonds. The Hall–Kier alpha value is -2.05. The van der Waals surface area contributed by atoms with Crippen LogP contribution in [0.3, 0.4) is 0 Å². The minimum atomic E-state index is -0.336. The molecule has 0 bridgehead atoms. The van der Waals surface area contributed by atoms with E-state index in [0.717, 1.165) is 17.1 Å². The van der Waals surface area contributed by atoms with E-state index in [1.54, 1.807) is 27.8 Å². The van der Waals surface area contributed by atoms with E-state index in [2.05, 4.69) is 10.4 Å². The number of nitrogens with one attached hydrogen (secondary N) is 1. The van der Waals surface area contributed by atoms with Gasteiger partial charge in [0, 0.05) is 19.7 Å². The molecule has 7 heteroatoms. The second kappa shape index (κ2) is 6.22. The number of carbonyl (C=O) groups is 1. The van der Waals surface area contributed by atoms with Crippen molar-refractivity contribution < 1.29 is 9.90 Å². The first kappa shape index (κ1) is 15.8. The van der Waals surface area contributed by atoms with Gasteiger partial charge in [-0.3, -0.25) is 14.4 Å². The van der Waals surface area contributed by atoms with Crippen LogP contribution in [0.5, 0.6) is 0 Å². The summed E-state index contributed by atoms with van der Waals surface area (Å²) in [6, 6.07) is 6.81. The van der Waals surface area contributed by atoms with Gasteiger partial charge in [-0.2, -0.15) is 5.10 Å². The number of carbonyl (C=O) groups excluding carboxylic acids is 1. The van der Waals surface area contributed by atoms with Crippen LogP contribution in [0.1, 0.15) is 17.7 Å². The third-order valence-corrected chi connectivity index (χ3v) is 4.33. The lowest BCUT2D eigenvalue weighted by Gasteiger charge is -2.18. The number of aliphatic hydroxyl groups excluding tert-OH is 1. The molecule has 1 aliphatic heterocycles. The summed E-state index contributed by atoms with van der Waals surface area (Å²) < 4.78 is 1.72. The Morgan fingerprint density at radius 2 is 2.22 bits per heavy atom. The number of aromatic nitrogens is 2. The maximum atomic E-state index is 12.7. The molecular formula is C16H19ClN4O2. The van der Waals surface area contributed by atoms with Gasteiger partial charge in [0.05, 0.1) is 23.0 Å². The Balaban J connectivity index is 1.79. The minimum absolute atomic E-state index is 0.00142. The molecule has 122 valence electrons. The van der Waals surface area contributed by atoms with Crippen LogP contribution in [0.4, 0.5) is 11.5 Å². The molecule has 1 fully saturated rings. The van der Waals surface area contributed by atoms with Gasteiger partial charge in [0.25, 0.3) is 5.91 Å². The molecule has 2 aromatic rings. The lowest BCUT2D eigenvalue weighted by atomic mass is 10.2. The lowest BCUT2D eigenvalue weighted by molar-refractivity contribution is -0.117. The van der Waals surface area contributed by atoms with Crippen LogP contribution in [0.15, 0.2) is 24.3 Å². The highest BCUT2D eigenvalue weighted by Crippen LogP contribution is 2.28. The zero-order valence-electron chi connectivity index (χ0n) is 13.1. The van der Waals surface area contributed by atoms with E-state index in [0.29, 0.717) is 23.7 Å². The molecule has 1 aromatic carbocycles. The van der Waals surface area contributed by atoms with Gasteiger partial charge in [-0.1, -0.05) is 17.7 Å². The fraction of sp³-hybridized carbons (Fsp3) is 0.375. The molecule has 0 spiro atoms. The predicted molar refractivity (Wildman–Crippen MR) is 89.7 cm³/mol. The quantitative estimate of drug-likeness (QED) is 0.898. The number of aryl methyl sites for hydroxylation is 2. The van der Waals surface area contributed by atoms with Crippen LogP contribution in [0.2, 0.25) is 5.02 Å². The van der Waals surface area contributed by atoms with Crippen molar-refractivity contribution in [3.8, 4) is 0 Å². The summed E-state index contributed by atoms with van der Waals surface area (Å²) in [6.07, 6.45) is 0.683. The first-order valence-corrected chi connectivity index (χ1v) is 7.85. The number of nitrogens with zero attached hydrogens (tertiary/aromatic N) is 3. The number of benzene rings is 1. The number of anilines is 2. The molecule has 6 nitrogen and oxygen atoms in total. The third-order valence-electron chi connectivity index (χ3n) is 4.00. The Labute approximate surface area is 139 Å². The molecule has 2 N–H and O–H groups in total. The molecule has 1 atom stereocenters. The van der Waals surface area contributed by atoms with E-state index in [9.17, 15) is 9.90 Å². The first-order chi connectivity index (χ1) is 11.0. The molecular weight excluding hydrogens is 316 g/mol. The van der Waals surface area contributed by atoms with Crippen molar-refractivity contribution in [1.29, 1.82) is 0 Å². The summed E-state index contributed by atoms with van der Waals surface area (Å²) in [7, 11) is 1.83. The smallest absolute Gasteiger partial charge is 0.250 e. The average molecular weight is 335 g/mol. The molecule has 2 heterocycles. The minimum Gasteiger partial charge on any atom is -0.392 e. The number of amides is 1. The Kier molecular flexibility index (Phi) is 4.28. The SMILES string of the molecule is Cc1cc(N2CC[C@H](Nc3cc(CO)ccc3Cl)C2=O)n(C)n1. The van der Waals surface area contributed by atoms with Crippen LogP contribution < -0.4 is 10.2 Å². The number of aliphatic hydroxyl groups is 1. The second-order valence-corrected chi connectivity index (χ2v) is 6.12. The summed E-state index contributed by atoms with van der Waals surface area (Å²) in [6.45, 7) is 2.47. The van der Waals surface area contributed by atoms with Gasteiger partial charge < -0.3 is 10.4 Å². The van der Waals surface area contributed by atoms with Crippen molar-refractivity contribution in [2.24, 2.45) is 7.05 Å². The highest BCUT2D eigenvalue weighted by Gasteiger charge is 2.34. The molecule has 3 rings (SSSR count). The summed E-state index contributed by atoms with van der Waals surface area (Å²) in [5.74, 6) is 0.797. The number of rotatable bonds is 4. The van der Waals surface area contributed by atoms with Gasteiger partial charge in [0.2, 0.25) is 0 Å². The van der Waals surface area contributed by atoms with Gasteiger partial charge in [0.15, 0.2) is 0 Å². The van der Waals surface area contributed by atoms with Crippen molar-refractivity contribution in [3.63, 3.8) is 0 Å². The molecule has 1 aromatic heterocycles. The van der Waals surface area contributed by atoms with Crippen molar-refractivity contribution in [2.45, 2.75) is 26.0 Å². The molecule has 0 radical (unpaired) electrons. The maximum absolute atomic E-state index is 12.7. The van der Waals surface area contributed by atoms with Crippen LogP contribution in [0, 0.1) is 6.92 Å². The van der Waals surface area contributed by atoms with E-state index < -0.39 is 0 Å². The molecule has 1 saturated heterocycles. The van der Waals surface area contributed by atoms with Crippen LogP contribution in [-0.4, -0.2) is 33.4 Å². The van der Waals surface area contributed by atoms with Crippen LogP contribution in [0.25, 0.3) is 0 Å². The van der Waals surface area contributed by atoms with Gasteiger partial charge >= 0.3 is 0 Å². The molecule has 0 aliphatic carbocycles. The lowest BCUT2D eigenvalue weighted by Crippen LogP contribution is -2.34. The largest absolute Gasteiger partial charge is 0.392 e. The van der Waals surface area contributed by atoms with Gasteiger partial charge in [0.1, 0.15) is 11.9 Å². The number of halogens is 1. The van der Waals surface area contributed by atoms with E-state index >= 15 is 0 Å². The normalized spacial score (nSPS) is 17.8. The topological polar surface area (TPSA) is 70.4 Å². The van der Waals surface area contributed by atoms with Gasteiger partial charge in [-0.25, -0.2) is 0 Å². The van der Waals surface area contributed by atoms with E-state index in [1.165, 1.54) is 0 Å². The molecule has 1 aliphatic rings. The van der Waals surface area contributed by atoms with E-state index in [4.69, 9.17) is 11.6 Å². The highest BCUT2D eigenvalue weighted by atomic mass is 35.5. The fourth-order valence-electron chi connectivity index (χ4n) is 2.86. The van der Waals surface area contributed by atoms with E-state index in [-0.39, 0.29) is 18.6 Å². The fourth-order valence-corrected chi connectivity index (χ4v) is 3.03. The Bertz CT molecular complexity index is 744. The average Bonchev–Trinajstić information content (AvgIpc) is 3.04. The zero-order valence-corrected chi connectivity index (χ0v) is 13.8. The predicted octanol–water partition coefficient (Wildman–Crippen LogP) is 2.09. The van der Waals surface area contributed by atoms with Crippen molar-refractivity contribution in [2.75, 3.05) is 16.8 Å². The highest BCUT2D eigenvalue weighted by molar-refractivity contribution is 6.33. The van der Waals surface area contributed by atoms with Crippen LogP contribution >= 0.6 is 11.6 Å². The number of hydrogen-bond donors (Lipinski definition) is 2. The van der Waals surface area contributed by atoms with Crippen molar-refractivity contribution in [3.05, 3.63) is 40.5 Å². The van der Waals surface area contributed by atoms with Crippen LogP contribution in [-0.2, 0) is 18.4 Å². The van der Waals surface area contributed by atoms with Gasteiger partial charge in [-0.15, -0.1) is 0 Å². The molecule has 0 unspecified atom stereocenters. The summed E-state index contributed by atoms with van der Waals surface area (Å²) in [5.41, 5.74) is 2.30. The molecule has 23 heavy (non-hydrogen) atoms. The zero-order chi connectivity index (χ0) is 16.6. The number of hydrogen-bond acceptors (Lipinski definition) is 4. The third kappa shape index (κ3) is 3.04. The summed E-state index contributed by atoms with van der Waals surface area (Å²) in [4.78, 5) is 14.4. The maximum Gasteiger partial charge on any atom is 0.250 e. The Morgan fingerprint density at radius 3 is 2.87 bits per heavy atom. The summed E-state index contributed by atoms with van der Waals surface area (Å²) in [5, 5.41) is 17.3. The van der Waals surface area contributed by atoms with Gasteiger partial charge in [-0.05, 0) is 31.0 Å². The molecule has 0 saturated carbocycles.